The fourth-order valence-electron chi connectivity index (χ4n) is 3.26. The van der Waals surface area contributed by atoms with Crippen molar-refractivity contribution in [3.05, 3.63) is 44.4 Å². The minimum Gasteiger partial charge on any atom is -0.462 e. The SMILES string of the molecule is CCOC(=O)c1c(C)[nH]c(C(=O)CN2CCc3sccc3C2)c1C. The van der Waals surface area contributed by atoms with Gasteiger partial charge in [0.1, 0.15) is 0 Å². The molecular formula is C18H22N2O3S. The molecule has 0 spiro atoms. The van der Waals surface area contributed by atoms with Gasteiger partial charge in [-0.2, -0.15) is 0 Å². The summed E-state index contributed by atoms with van der Waals surface area (Å²) in [6, 6.07) is 2.14. The van der Waals surface area contributed by atoms with E-state index < -0.39 is 0 Å². The quantitative estimate of drug-likeness (QED) is 0.667. The lowest BCUT2D eigenvalue weighted by atomic mass is 10.1. The van der Waals surface area contributed by atoms with Crippen LogP contribution >= 0.6 is 11.3 Å². The first-order valence-electron chi connectivity index (χ1n) is 8.18. The van der Waals surface area contributed by atoms with Crippen molar-refractivity contribution in [1.29, 1.82) is 0 Å². The Morgan fingerprint density at radius 2 is 2.17 bits per heavy atom. The Morgan fingerprint density at radius 3 is 2.92 bits per heavy atom. The van der Waals surface area contributed by atoms with Crippen LogP contribution < -0.4 is 0 Å². The molecule has 128 valence electrons. The zero-order valence-corrected chi connectivity index (χ0v) is 15.1. The second-order valence-electron chi connectivity index (χ2n) is 6.10. The lowest BCUT2D eigenvalue weighted by Crippen LogP contribution is -2.34. The zero-order chi connectivity index (χ0) is 17.3. The van der Waals surface area contributed by atoms with E-state index in [-0.39, 0.29) is 11.8 Å². The minimum atomic E-state index is -0.372. The van der Waals surface area contributed by atoms with Gasteiger partial charge >= 0.3 is 5.97 Å². The summed E-state index contributed by atoms with van der Waals surface area (Å²) in [7, 11) is 0. The molecule has 5 nitrogen and oxygen atoms in total. The third-order valence-electron chi connectivity index (χ3n) is 4.45. The average molecular weight is 346 g/mol. The number of thiophene rings is 1. The van der Waals surface area contributed by atoms with Crippen molar-refractivity contribution in [2.75, 3.05) is 19.7 Å². The molecule has 0 saturated heterocycles. The van der Waals surface area contributed by atoms with Gasteiger partial charge in [0.25, 0.3) is 0 Å². The van der Waals surface area contributed by atoms with E-state index in [1.807, 2.05) is 0 Å². The van der Waals surface area contributed by atoms with E-state index in [1.165, 1.54) is 10.4 Å². The van der Waals surface area contributed by atoms with Gasteiger partial charge in [-0.15, -0.1) is 11.3 Å². The maximum Gasteiger partial charge on any atom is 0.340 e. The van der Waals surface area contributed by atoms with Crippen LogP contribution in [0.25, 0.3) is 0 Å². The second kappa shape index (κ2) is 6.91. The van der Waals surface area contributed by atoms with Crippen LogP contribution in [0.3, 0.4) is 0 Å². The van der Waals surface area contributed by atoms with Gasteiger partial charge in [-0.1, -0.05) is 0 Å². The summed E-state index contributed by atoms with van der Waals surface area (Å²) < 4.78 is 5.08. The number of ketones is 1. The highest BCUT2D eigenvalue weighted by Crippen LogP contribution is 2.25. The average Bonchev–Trinajstić information content (AvgIpc) is 3.11. The minimum absolute atomic E-state index is 0.0184. The van der Waals surface area contributed by atoms with Crippen molar-refractivity contribution >= 4 is 23.1 Å². The Balaban J connectivity index is 1.74. The largest absolute Gasteiger partial charge is 0.462 e. The topological polar surface area (TPSA) is 62.4 Å². The van der Waals surface area contributed by atoms with Crippen LogP contribution in [0.1, 0.15) is 49.5 Å². The van der Waals surface area contributed by atoms with Crippen molar-refractivity contribution in [2.24, 2.45) is 0 Å². The normalized spacial score (nSPS) is 14.5. The summed E-state index contributed by atoms with van der Waals surface area (Å²) in [6.07, 6.45) is 0.997. The number of aryl methyl sites for hydroxylation is 1. The fourth-order valence-corrected chi connectivity index (χ4v) is 4.15. The van der Waals surface area contributed by atoms with Gasteiger partial charge in [0.05, 0.1) is 24.4 Å². The van der Waals surface area contributed by atoms with Crippen LogP contribution in [0.2, 0.25) is 0 Å². The van der Waals surface area contributed by atoms with Crippen LogP contribution in [0.15, 0.2) is 11.4 Å². The van der Waals surface area contributed by atoms with Crippen LogP contribution in [0, 0.1) is 13.8 Å². The van der Waals surface area contributed by atoms with E-state index in [1.54, 1.807) is 32.1 Å². The van der Waals surface area contributed by atoms with Crippen molar-refractivity contribution in [1.82, 2.24) is 9.88 Å². The molecule has 0 radical (unpaired) electrons. The molecule has 0 fully saturated rings. The second-order valence-corrected chi connectivity index (χ2v) is 7.10. The number of hydrogen-bond donors (Lipinski definition) is 1. The summed E-state index contributed by atoms with van der Waals surface area (Å²) >= 11 is 1.79. The molecule has 2 aromatic rings. The first-order chi connectivity index (χ1) is 11.5. The van der Waals surface area contributed by atoms with E-state index in [4.69, 9.17) is 4.74 Å². The van der Waals surface area contributed by atoms with Crippen molar-refractivity contribution in [3.63, 3.8) is 0 Å². The number of aromatic nitrogens is 1. The summed E-state index contributed by atoms with van der Waals surface area (Å²) in [5, 5.41) is 2.11. The Morgan fingerprint density at radius 1 is 1.38 bits per heavy atom. The molecule has 0 unspecified atom stereocenters. The number of nitrogens with zero attached hydrogens (tertiary/aromatic N) is 1. The molecular weight excluding hydrogens is 324 g/mol. The van der Waals surface area contributed by atoms with Gasteiger partial charge in [0.15, 0.2) is 5.78 Å². The van der Waals surface area contributed by atoms with Crippen LogP contribution in [-0.2, 0) is 17.7 Å². The van der Waals surface area contributed by atoms with E-state index in [2.05, 4.69) is 21.3 Å². The van der Waals surface area contributed by atoms with E-state index in [0.717, 1.165) is 19.5 Å². The van der Waals surface area contributed by atoms with Gasteiger partial charge in [-0.05, 0) is 49.8 Å². The number of hydrogen-bond acceptors (Lipinski definition) is 5. The van der Waals surface area contributed by atoms with Crippen LogP contribution in [0.5, 0.6) is 0 Å². The first-order valence-corrected chi connectivity index (χ1v) is 9.06. The monoisotopic (exact) mass is 346 g/mol. The molecule has 0 aromatic carbocycles. The van der Waals surface area contributed by atoms with Gasteiger partial charge in [-0.25, -0.2) is 4.79 Å². The molecule has 0 aliphatic carbocycles. The molecule has 0 saturated carbocycles. The number of ether oxygens (including phenoxy) is 1. The number of carbonyl (C=O) groups is 2. The first kappa shape index (κ1) is 16.9. The maximum atomic E-state index is 12.7. The molecule has 3 rings (SSSR count). The maximum absolute atomic E-state index is 12.7. The van der Waals surface area contributed by atoms with Crippen LogP contribution in [0.4, 0.5) is 0 Å². The number of fused-ring (bicyclic) bond motifs is 1. The van der Waals surface area contributed by atoms with E-state index >= 15 is 0 Å². The standard InChI is InChI=1S/C18H22N2O3S/c1-4-23-18(22)16-11(2)17(19-12(16)3)14(21)10-20-7-5-15-13(9-20)6-8-24-15/h6,8,19H,4-5,7,9-10H2,1-3H3. The van der Waals surface area contributed by atoms with Gasteiger partial charge in [0, 0.05) is 23.7 Å². The number of aromatic amines is 1. The Kier molecular flexibility index (Phi) is 4.87. The molecule has 0 atom stereocenters. The lowest BCUT2D eigenvalue weighted by molar-refractivity contribution is 0.0525. The fraction of sp³-hybridized carbons (Fsp3) is 0.444. The molecule has 24 heavy (non-hydrogen) atoms. The molecule has 2 aromatic heterocycles. The molecule has 0 bridgehead atoms. The number of esters is 1. The molecule has 6 heteroatoms. The number of nitrogens with one attached hydrogen (secondary N) is 1. The predicted octanol–water partition coefficient (Wildman–Crippen LogP) is 3.11. The molecule has 3 heterocycles. The summed E-state index contributed by atoms with van der Waals surface area (Å²) in [5.74, 6) is -0.353. The number of Topliss-reactive ketones (excluding diaryl/α,β-unsaturated/α-hetero) is 1. The highest BCUT2D eigenvalue weighted by Gasteiger charge is 2.25. The number of carbonyl (C=O) groups excluding carboxylic acids is 2. The van der Waals surface area contributed by atoms with Gasteiger partial charge < -0.3 is 9.72 Å². The van der Waals surface area contributed by atoms with Crippen LogP contribution in [-0.4, -0.2) is 41.3 Å². The number of H-pyrrole nitrogens is 1. The third-order valence-corrected chi connectivity index (χ3v) is 5.47. The van der Waals surface area contributed by atoms with Gasteiger partial charge in [0.2, 0.25) is 0 Å². The number of rotatable bonds is 5. The lowest BCUT2D eigenvalue weighted by Gasteiger charge is -2.25. The zero-order valence-electron chi connectivity index (χ0n) is 14.3. The predicted molar refractivity (Wildman–Crippen MR) is 93.9 cm³/mol. The van der Waals surface area contributed by atoms with Crippen molar-refractivity contribution in [2.45, 2.75) is 33.7 Å². The van der Waals surface area contributed by atoms with E-state index in [9.17, 15) is 9.59 Å². The molecule has 1 aliphatic heterocycles. The summed E-state index contributed by atoms with van der Waals surface area (Å²) in [4.78, 5) is 31.4. The Labute approximate surface area is 145 Å². The Hall–Kier alpha value is -1.92. The van der Waals surface area contributed by atoms with Gasteiger partial charge in [-0.3, -0.25) is 9.69 Å². The molecule has 1 N–H and O–H groups in total. The summed E-state index contributed by atoms with van der Waals surface area (Å²) in [6.45, 7) is 7.76. The molecule has 1 aliphatic rings. The smallest absolute Gasteiger partial charge is 0.340 e. The van der Waals surface area contributed by atoms with Crippen molar-refractivity contribution < 1.29 is 14.3 Å². The highest BCUT2D eigenvalue weighted by atomic mass is 32.1. The van der Waals surface area contributed by atoms with Crippen molar-refractivity contribution in [3.8, 4) is 0 Å². The third kappa shape index (κ3) is 3.16. The van der Waals surface area contributed by atoms with E-state index in [0.29, 0.717) is 35.7 Å². The summed E-state index contributed by atoms with van der Waals surface area (Å²) in [5.41, 5.74) is 3.70. The highest BCUT2D eigenvalue weighted by molar-refractivity contribution is 7.10. The molecule has 0 amide bonds. The Bertz CT molecular complexity index is 775.